The molecule has 0 aliphatic carbocycles. The Hall–Kier alpha value is -1.70. The van der Waals surface area contributed by atoms with Crippen molar-refractivity contribution in [3.8, 4) is 11.4 Å². The molecule has 0 radical (unpaired) electrons. The van der Waals surface area contributed by atoms with E-state index in [0.29, 0.717) is 11.8 Å². The Bertz CT molecular complexity index is 477. The molecule has 0 saturated heterocycles. The second kappa shape index (κ2) is 6.65. The average Bonchev–Trinajstić information content (AvgIpc) is 2.53. The minimum absolute atomic E-state index is 0.567. The predicted molar refractivity (Wildman–Crippen MR) is 84.9 cm³/mol. The Morgan fingerprint density at radius 1 is 0.750 bits per heavy atom. The molecule has 20 heavy (non-hydrogen) atoms. The third-order valence-electron chi connectivity index (χ3n) is 4.20. The molecule has 2 heterocycles. The summed E-state index contributed by atoms with van der Waals surface area (Å²) in [6.07, 6.45) is 6.24. The maximum absolute atomic E-state index is 4.55. The van der Waals surface area contributed by atoms with Crippen LogP contribution < -0.4 is 0 Å². The molecule has 2 rings (SSSR count). The second-order valence-electron chi connectivity index (χ2n) is 5.57. The van der Waals surface area contributed by atoms with E-state index in [2.05, 4.69) is 61.9 Å². The third-order valence-corrected chi connectivity index (χ3v) is 4.20. The normalized spacial score (nSPS) is 14.0. The van der Waals surface area contributed by atoms with Gasteiger partial charge in [-0.05, 0) is 47.9 Å². The van der Waals surface area contributed by atoms with Crippen molar-refractivity contribution < 1.29 is 0 Å². The lowest BCUT2D eigenvalue weighted by molar-refractivity contribution is 0.728. The minimum Gasteiger partial charge on any atom is -0.254 e. The molecule has 2 heteroatoms. The number of nitrogens with zero attached hydrogens (tertiary/aromatic N) is 2. The van der Waals surface area contributed by atoms with Gasteiger partial charge in [0.15, 0.2) is 0 Å². The summed E-state index contributed by atoms with van der Waals surface area (Å²) in [5.41, 5.74) is 4.50. The summed E-state index contributed by atoms with van der Waals surface area (Å²) in [6.45, 7) is 8.87. The predicted octanol–water partition coefficient (Wildman–Crippen LogP) is 5.17. The average molecular weight is 268 g/mol. The number of aromatic nitrogens is 2. The van der Waals surface area contributed by atoms with Crippen molar-refractivity contribution >= 4 is 0 Å². The maximum Gasteiger partial charge on any atom is 0.0886 e. The minimum atomic E-state index is 0.567. The van der Waals surface area contributed by atoms with Gasteiger partial charge in [-0.3, -0.25) is 9.97 Å². The monoisotopic (exact) mass is 268 g/mol. The first-order chi connectivity index (χ1) is 9.65. The molecule has 0 aliphatic heterocycles. The molecule has 0 aromatic carbocycles. The molecule has 0 N–H and O–H groups in total. The second-order valence-corrected chi connectivity index (χ2v) is 5.57. The van der Waals surface area contributed by atoms with Crippen LogP contribution >= 0.6 is 0 Å². The standard InChI is InChI=1S/C18H24N2/c1-5-13(3)15-7-9-17(19-11-15)18-10-8-16(12-20-18)14(4)6-2/h7-14H,5-6H2,1-4H3. The van der Waals surface area contributed by atoms with Crippen LogP contribution in [0.25, 0.3) is 11.4 Å². The highest BCUT2D eigenvalue weighted by molar-refractivity contribution is 5.54. The molecule has 0 aliphatic rings. The molecule has 0 spiro atoms. The van der Waals surface area contributed by atoms with Gasteiger partial charge in [-0.25, -0.2) is 0 Å². The molecule has 0 bridgehead atoms. The van der Waals surface area contributed by atoms with Gasteiger partial charge in [0.2, 0.25) is 0 Å². The van der Waals surface area contributed by atoms with Gasteiger partial charge in [0.05, 0.1) is 11.4 Å². The van der Waals surface area contributed by atoms with Crippen LogP contribution in [0.3, 0.4) is 0 Å². The lowest BCUT2D eigenvalue weighted by Crippen LogP contribution is -1.96. The van der Waals surface area contributed by atoms with E-state index < -0.39 is 0 Å². The summed E-state index contributed by atoms with van der Waals surface area (Å²) in [5.74, 6) is 1.13. The van der Waals surface area contributed by atoms with Crippen molar-refractivity contribution in [1.82, 2.24) is 9.97 Å². The molecular formula is C18H24N2. The topological polar surface area (TPSA) is 25.8 Å². The van der Waals surface area contributed by atoms with Crippen molar-refractivity contribution in [3.63, 3.8) is 0 Å². The molecule has 0 saturated carbocycles. The first-order valence-corrected chi connectivity index (χ1v) is 7.58. The zero-order valence-electron chi connectivity index (χ0n) is 12.9. The van der Waals surface area contributed by atoms with Crippen LogP contribution in [0.5, 0.6) is 0 Å². The SMILES string of the molecule is CCC(C)c1ccc(-c2ccc(C(C)CC)cn2)nc1. The van der Waals surface area contributed by atoms with E-state index in [9.17, 15) is 0 Å². The zero-order chi connectivity index (χ0) is 14.5. The van der Waals surface area contributed by atoms with Crippen LogP contribution in [-0.4, -0.2) is 9.97 Å². The number of pyridine rings is 2. The van der Waals surface area contributed by atoms with Gasteiger partial charge in [-0.15, -0.1) is 0 Å². The van der Waals surface area contributed by atoms with Gasteiger partial charge in [-0.2, -0.15) is 0 Å². The highest BCUT2D eigenvalue weighted by Gasteiger charge is 2.07. The molecule has 106 valence electrons. The number of hydrogen-bond donors (Lipinski definition) is 0. The Morgan fingerprint density at radius 3 is 1.40 bits per heavy atom. The molecule has 2 aromatic rings. The summed E-state index contributed by atoms with van der Waals surface area (Å²) in [4.78, 5) is 9.10. The molecular weight excluding hydrogens is 244 g/mol. The Labute approximate surface area is 122 Å². The molecule has 2 nitrogen and oxygen atoms in total. The van der Waals surface area contributed by atoms with Gasteiger partial charge >= 0.3 is 0 Å². The Balaban J connectivity index is 2.19. The van der Waals surface area contributed by atoms with Crippen LogP contribution in [0, 0.1) is 0 Å². The van der Waals surface area contributed by atoms with Crippen LogP contribution in [0.15, 0.2) is 36.7 Å². The van der Waals surface area contributed by atoms with Crippen molar-refractivity contribution in [2.75, 3.05) is 0 Å². The van der Waals surface area contributed by atoms with E-state index in [0.717, 1.165) is 24.2 Å². The van der Waals surface area contributed by atoms with Crippen molar-refractivity contribution in [2.45, 2.75) is 52.4 Å². The van der Waals surface area contributed by atoms with Crippen LogP contribution in [-0.2, 0) is 0 Å². The van der Waals surface area contributed by atoms with Crippen LogP contribution in [0.4, 0.5) is 0 Å². The van der Waals surface area contributed by atoms with E-state index in [4.69, 9.17) is 0 Å². The first kappa shape index (κ1) is 14.7. The van der Waals surface area contributed by atoms with E-state index in [-0.39, 0.29) is 0 Å². The molecule has 0 fully saturated rings. The highest BCUT2D eigenvalue weighted by Crippen LogP contribution is 2.23. The fraction of sp³-hybridized carbons (Fsp3) is 0.444. The smallest absolute Gasteiger partial charge is 0.0886 e. The summed E-state index contributed by atoms with van der Waals surface area (Å²) in [6, 6.07) is 8.49. The van der Waals surface area contributed by atoms with Gasteiger partial charge in [0, 0.05) is 12.4 Å². The molecule has 2 unspecified atom stereocenters. The van der Waals surface area contributed by atoms with Crippen molar-refractivity contribution in [1.29, 1.82) is 0 Å². The first-order valence-electron chi connectivity index (χ1n) is 7.58. The fourth-order valence-electron chi connectivity index (χ4n) is 2.17. The fourth-order valence-corrected chi connectivity index (χ4v) is 2.17. The number of hydrogen-bond acceptors (Lipinski definition) is 2. The van der Waals surface area contributed by atoms with Crippen molar-refractivity contribution in [2.24, 2.45) is 0 Å². The molecule has 0 amide bonds. The Kier molecular flexibility index (Phi) is 4.89. The zero-order valence-corrected chi connectivity index (χ0v) is 12.9. The van der Waals surface area contributed by atoms with E-state index >= 15 is 0 Å². The maximum atomic E-state index is 4.55. The summed E-state index contributed by atoms with van der Waals surface area (Å²) < 4.78 is 0. The van der Waals surface area contributed by atoms with Gasteiger partial charge in [-0.1, -0.05) is 39.8 Å². The molecule has 2 aromatic heterocycles. The van der Waals surface area contributed by atoms with E-state index in [1.165, 1.54) is 11.1 Å². The van der Waals surface area contributed by atoms with Crippen LogP contribution in [0.1, 0.15) is 63.5 Å². The highest BCUT2D eigenvalue weighted by atomic mass is 14.8. The van der Waals surface area contributed by atoms with Gasteiger partial charge < -0.3 is 0 Å². The summed E-state index contributed by atoms with van der Waals surface area (Å²) >= 11 is 0. The Morgan fingerprint density at radius 2 is 1.15 bits per heavy atom. The van der Waals surface area contributed by atoms with Gasteiger partial charge in [0.1, 0.15) is 0 Å². The van der Waals surface area contributed by atoms with Crippen molar-refractivity contribution in [3.05, 3.63) is 47.8 Å². The lowest BCUT2D eigenvalue weighted by atomic mass is 9.99. The quantitative estimate of drug-likeness (QED) is 0.747. The van der Waals surface area contributed by atoms with E-state index in [1.54, 1.807) is 0 Å². The van der Waals surface area contributed by atoms with Gasteiger partial charge in [0.25, 0.3) is 0 Å². The number of rotatable bonds is 5. The largest absolute Gasteiger partial charge is 0.254 e. The molecule has 2 atom stereocenters. The third kappa shape index (κ3) is 3.24. The van der Waals surface area contributed by atoms with Crippen LogP contribution in [0.2, 0.25) is 0 Å². The summed E-state index contributed by atoms with van der Waals surface area (Å²) in [7, 11) is 0. The lowest BCUT2D eigenvalue weighted by Gasteiger charge is -2.10. The summed E-state index contributed by atoms with van der Waals surface area (Å²) in [5, 5.41) is 0. The van der Waals surface area contributed by atoms with E-state index in [1.807, 2.05) is 12.4 Å².